The quantitative estimate of drug-likeness (QED) is 0.197. The average Bonchev–Trinajstić information content (AvgIpc) is 2.27. The molecular weight excluding hydrogens is 224 g/mol. The van der Waals surface area contributed by atoms with Gasteiger partial charge in [-0.15, -0.1) is 0 Å². The molecule has 0 heterocycles. The van der Waals surface area contributed by atoms with Crippen molar-refractivity contribution in [1.82, 2.24) is 0 Å². The zero-order valence-corrected chi connectivity index (χ0v) is 9.32. The predicted molar refractivity (Wildman–Crippen MR) is 62.0 cm³/mol. The minimum Gasteiger partial charge on any atom is -0.465 e. The molecule has 0 amide bonds. The normalized spacial score (nSPS) is 9.06. The summed E-state index contributed by atoms with van der Waals surface area (Å²) in [6.45, 7) is 3.66. The van der Waals surface area contributed by atoms with Crippen LogP contribution in [0.5, 0.6) is 5.75 Å². The van der Waals surface area contributed by atoms with Crippen molar-refractivity contribution < 1.29 is 9.66 Å². The molecule has 0 radical (unpaired) electrons. The summed E-state index contributed by atoms with van der Waals surface area (Å²) in [4.78, 5) is 12.6. The van der Waals surface area contributed by atoms with Gasteiger partial charge in [-0.25, -0.2) is 0 Å². The molecule has 0 fully saturated rings. The van der Waals surface area contributed by atoms with Crippen molar-refractivity contribution >= 4 is 11.4 Å². The van der Waals surface area contributed by atoms with Crippen LogP contribution in [0.4, 0.5) is 11.4 Å². The third-order valence-electron chi connectivity index (χ3n) is 1.73. The molecule has 0 saturated heterocycles. The number of nitrogens with zero attached hydrogens (tertiary/aromatic N) is 4. The summed E-state index contributed by atoms with van der Waals surface area (Å²) in [6.07, 6.45) is 1.47. The molecule has 0 bridgehead atoms. The molecule has 0 unspecified atom stereocenters. The highest BCUT2D eigenvalue weighted by Gasteiger charge is 2.10. The number of hydrogen-bond acceptors (Lipinski definition) is 4. The summed E-state index contributed by atoms with van der Waals surface area (Å²) < 4.78 is 5.24. The number of nitro benzene ring substituents is 1. The first kappa shape index (κ1) is 12.5. The maximum Gasteiger partial charge on any atom is 0.270 e. The molecule has 0 saturated carbocycles. The van der Waals surface area contributed by atoms with Crippen LogP contribution in [-0.4, -0.2) is 4.92 Å². The van der Waals surface area contributed by atoms with Gasteiger partial charge >= 0.3 is 0 Å². The molecule has 1 rings (SSSR count). The monoisotopic (exact) mass is 234 g/mol. The number of ether oxygens (including phenoxy) is 1. The second kappa shape index (κ2) is 5.53. The minimum atomic E-state index is -0.568. The number of benzene rings is 1. The van der Waals surface area contributed by atoms with E-state index in [1.807, 2.05) is 13.8 Å². The second-order valence-corrected chi connectivity index (χ2v) is 3.41. The van der Waals surface area contributed by atoms with E-state index >= 15 is 0 Å². The number of azide groups is 1. The fourth-order valence-electron chi connectivity index (χ4n) is 1.03. The van der Waals surface area contributed by atoms with Gasteiger partial charge in [0.1, 0.15) is 5.75 Å². The molecule has 0 aliphatic rings. The molecule has 88 valence electrons. The Bertz CT molecular complexity index is 514. The third kappa shape index (κ3) is 3.51. The SMILES string of the molecule is CC(C)=COc1ccc([N+](=O)[O-])cc1N=[N+]=[N-]. The van der Waals surface area contributed by atoms with Crippen LogP contribution in [0.15, 0.2) is 35.1 Å². The highest BCUT2D eigenvalue weighted by molar-refractivity contribution is 5.57. The van der Waals surface area contributed by atoms with Crippen LogP contribution in [0.25, 0.3) is 10.4 Å². The Morgan fingerprint density at radius 3 is 2.82 bits per heavy atom. The van der Waals surface area contributed by atoms with Crippen LogP contribution in [0.1, 0.15) is 13.8 Å². The molecule has 17 heavy (non-hydrogen) atoms. The van der Waals surface area contributed by atoms with E-state index in [0.717, 1.165) is 11.6 Å². The number of nitro groups is 1. The van der Waals surface area contributed by atoms with E-state index < -0.39 is 4.92 Å². The number of non-ortho nitro benzene ring substituents is 1. The van der Waals surface area contributed by atoms with Crippen LogP contribution in [0.2, 0.25) is 0 Å². The van der Waals surface area contributed by atoms with Gasteiger partial charge in [0.05, 0.1) is 16.9 Å². The molecule has 0 aliphatic carbocycles. The standard InChI is InChI=1S/C10H10N4O3/c1-7(2)6-17-10-4-3-8(14(15)16)5-9(10)12-13-11/h3-6H,1-2H3. The summed E-state index contributed by atoms with van der Waals surface area (Å²) in [6, 6.07) is 3.83. The highest BCUT2D eigenvalue weighted by Crippen LogP contribution is 2.32. The Balaban J connectivity index is 3.17. The fraction of sp³-hybridized carbons (Fsp3) is 0.200. The smallest absolute Gasteiger partial charge is 0.270 e. The zero-order chi connectivity index (χ0) is 12.8. The predicted octanol–water partition coefficient (Wildman–Crippen LogP) is 3.84. The van der Waals surface area contributed by atoms with Crippen LogP contribution in [0.3, 0.4) is 0 Å². The Hall–Kier alpha value is -2.53. The van der Waals surface area contributed by atoms with E-state index in [2.05, 4.69) is 10.0 Å². The maximum atomic E-state index is 10.6. The molecule has 0 aliphatic heterocycles. The summed E-state index contributed by atoms with van der Waals surface area (Å²) in [5.74, 6) is 0.273. The van der Waals surface area contributed by atoms with Gasteiger partial charge < -0.3 is 4.74 Å². The van der Waals surface area contributed by atoms with Crippen molar-refractivity contribution in [1.29, 1.82) is 0 Å². The Morgan fingerprint density at radius 2 is 2.29 bits per heavy atom. The molecule has 0 atom stereocenters. The van der Waals surface area contributed by atoms with Gasteiger partial charge in [0.25, 0.3) is 5.69 Å². The largest absolute Gasteiger partial charge is 0.465 e. The summed E-state index contributed by atoms with van der Waals surface area (Å²) in [5, 5.41) is 13.9. The summed E-state index contributed by atoms with van der Waals surface area (Å²) in [7, 11) is 0. The van der Waals surface area contributed by atoms with Crippen molar-refractivity contribution in [2.45, 2.75) is 13.8 Å². The van der Waals surface area contributed by atoms with Crippen molar-refractivity contribution in [2.75, 3.05) is 0 Å². The van der Waals surface area contributed by atoms with Gasteiger partial charge in [0.15, 0.2) is 0 Å². The van der Waals surface area contributed by atoms with Crippen molar-refractivity contribution in [3.8, 4) is 5.75 Å². The second-order valence-electron chi connectivity index (χ2n) is 3.41. The van der Waals surface area contributed by atoms with E-state index in [1.165, 1.54) is 18.4 Å². The Labute approximate surface area is 97.1 Å². The van der Waals surface area contributed by atoms with Crippen LogP contribution in [0, 0.1) is 10.1 Å². The lowest BCUT2D eigenvalue weighted by Gasteiger charge is -2.04. The van der Waals surface area contributed by atoms with Crippen LogP contribution < -0.4 is 4.74 Å². The van der Waals surface area contributed by atoms with Crippen LogP contribution >= 0.6 is 0 Å². The van der Waals surface area contributed by atoms with Gasteiger partial charge in [-0.3, -0.25) is 10.1 Å². The highest BCUT2D eigenvalue weighted by atomic mass is 16.6. The van der Waals surface area contributed by atoms with E-state index in [9.17, 15) is 10.1 Å². The lowest BCUT2D eigenvalue weighted by molar-refractivity contribution is -0.384. The van der Waals surface area contributed by atoms with E-state index in [1.54, 1.807) is 0 Å². The first-order valence-electron chi connectivity index (χ1n) is 4.68. The van der Waals surface area contributed by atoms with Gasteiger partial charge in [-0.05, 0) is 31.0 Å². The Morgan fingerprint density at radius 1 is 1.59 bits per heavy atom. The fourth-order valence-corrected chi connectivity index (χ4v) is 1.03. The molecule has 0 spiro atoms. The first-order chi connectivity index (χ1) is 8.04. The molecule has 7 nitrogen and oxygen atoms in total. The lowest BCUT2D eigenvalue weighted by Crippen LogP contribution is -1.89. The number of allylic oxidation sites excluding steroid dienone is 1. The zero-order valence-electron chi connectivity index (χ0n) is 9.32. The molecule has 1 aromatic rings. The van der Waals surface area contributed by atoms with Crippen molar-refractivity contribution in [2.24, 2.45) is 5.11 Å². The van der Waals surface area contributed by atoms with E-state index in [-0.39, 0.29) is 17.1 Å². The van der Waals surface area contributed by atoms with Gasteiger partial charge in [0, 0.05) is 17.0 Å². The molecule has 1 aromatic carbocycles. The van der Waals surface area contributed by atoms with Crippen molar-refractivity contribution in [3.05, 3.63) is 50.6 Å². The molecule has 7 heteroatoms. The summed E-state index contributed by atoms with van der Waals surface area (Å²) in [5.41, 5.74) is 9.21. The maximum absolute atomic E-state index is 10.6. The topological polar surface area (TPSA) is 101 Å². The van der Waals surface area contributed by atoms with E-state index in [4.69, 9.17) is 10.3 Å². The lowest BCUT2D eigenvalue weighted by atomic mass is 10.2. The van der Waals surface area contributed by atoms with Gasteiger partial charge in [0.2, 0.25) is 0 Å². The van der Waals surface area contributed by atoms with Crippen LogP contribution in [-0.2, 0) is 0 Å². The van der Waals surface area contributed by atoms with E-state index in [0.29, 0.717) is 0 Å². The minimum absolute atomic E-state index is 0.0826. The number of hydrogen-bond donors (Lipinski definition) is 0. The first-order valence-corrected chi connectivity index (χ1v) is 4.68. The third-order valence-corrected chi connectivity index (χ3v) is 1.73. The van der Waals surface area contributed by atoms with Gasteiger partial charge in [-0.1, -0.05) is 5.11 Å². The Kier molecular flexibility index (Phi) is 4.08. The number of rotatable bonds is 4. The average molecular weight is 234 g/mol. The molecular formula is C10H10N4O3. The summed E-state index contributed by atoms with van der Waals surface area (Å²) >= 11 is 0. The molecule has 0 N–H and O–H groups in total. The van der Waals surface area contributed by atoms with Gasteiger partial charge in [-0.2, -0.15) is 0 Å². The van der Waals surface area contributed by atoms with Crippen molar-refractivity contribution in [3.63, 3.8) is 0 Å². The molecule has 0 aromatic heterocycles.